The molecule has 0 spiro atoms. The summed E-state index contributed by atoms with van der Waals surface area (Å²) in [4.78, 5) is 8.57. The van der Waals surface area contributed by atoms with Crippen LogP contribution in [-0.2, 0) is 13.1 Å². The smallest absolute Gasteiger partial charge is 0.0544 e. The normalized spacial score (nSPS) is 19.6. The van der Waals surface area contributed by atoms with Crippen LogP contribution < -0.4 is 5.32 Å². The van der Waals surface area contributed by atoms with Gasteiger partial charge < -0.3 is 5.32 Å². The third-order valence-corrected chi connectivity index (χ3v) is 4.95. The number of hydrogen-bond donors (Lipinski definition) is 1. The third-order valence-electron chi connectivity index (χ3n) is 4.09. The van der Waals surface area contributed by atoms with Crippen molar-refractivity contribution in [3.8, 4) is 0 Å². The van der Waals surface area contributed by atoms with Crippen LogP contribution in [0.2, 0.25) is 0 Å². The summed E-state index contributed by atoms with van der Waals surface area (Å²) in [5, 5.41) is 5.68. The van der Waals surface area contributed by atoms with E-state index >= 15 is 0 Å². The highest BCUT2D eigenvalue weighted by Crippen LogP contribution is 2.21. The van der Waals surface area contributed by atoms with Crippen LogP contribution in [0.15, 0.2) is 41.9 Å². The van der Waals surface area contributed by atoms with Gasteiger partial charge in [-0.05, 0) is 55.9 Å². The van der Waals surface area contributed by atoms with Crippen LogP contribution >= 0.6 is 11.3 Å². The number of pyridine rings is 1. The number of rotatable bonds is 5. The van der Waals surface area contributed by atoms with E-state index in [9.17, 15) is 0 Å². The molecule has 21 heavy (non-hydrogen) atoms. The van der Waals surface area contributed by atoms with Crippen LogP contribution in [0.1, 0.15) is 29.8 Å². The highest BCUT2D eigenvalue weighted by molar-refractivity contribution is 7.09. The Labute approximate surface area is 131 Å². The molecule has 4 heteroatoms. The van der Waals surface area contributed by atoms with Gasteiger partial charge in [0.25, 0.3) is 0 Å². The lowest BCUT2D eigenvalue weighted by Gasteiger charge is -2.30. The molecule has 1 aliphatic rings. The van der Waals surface area contributed by atoms with Crippen molar-refractivity contribution in [1.82, 2.24) is 15.2 Å². The first-order chi connectivity index (χ1) is 10.4. The van der Waals surface area contributed by atoms with Crippen LogP contribution in [0.5, 0.6) is 0 Å². The molecule has 1 fully saturated rings. The third kappa shape index (κ3) is 4.37. The van der Waals surface area contributed by atoms with Gasteiger partial charge in [0.05, 0.1) is 5.69 Å². The summed E-state index contributed by atoms with van der Waals surface area (Å²) in [5.74, 6) is 0. The van der Waals surface area contributed by atoms with Gasteiger partial charge in [-0.15, -0.1) is 11.3 Å². The Kier molecular flexibility index (Phi) is 5.38. The Morgan fingerprint density at radius 1 is 1.14 bits per heavy atom. The molecule has 0 aliphatic carbocycles. The van der Waals surface area contributed by atoms with E-state index in [1.165, 1.54) is 29.8 Å². The molecule has 3 rings (SSSR count). The molecule has 112 valence electrons. The van der Waals surface area contributed by atoms with Crippen molar-refractivity contribution in [2.45, 2.75) is 38.4 Å². The second-order valence-electron chi connectivity index (χ2n) is 5.64. The second kappa shape index (κ2) is 7.69. The second-order valence-corrected chi connectivity index (χ2v) is 6.67. The van der Waals surface area contributed by atoms with Gasteiger partial charge in [0.2, 0.25) is 0 Å². The van der Waals surface area contributed by atoms with E-state index in [2.05, 4.69) is 44.8 Å². The zero-order chi connectivity index (χ0) is 14.3. The number of aromatic nitrogens is 1. The first-order valence-electron chi connectivity index (χ1n) is 7.79. The van der Waals surface area contributed by atoms with E-state index in [0.717, 1.165) is 26.2 Å². The Morgan fingerprint density at radius 3 is 2.95 bits per heavy atom. The molecule has 1 aliphatic heterocycles. The van der Waals surface area contributed by atoms with Gasteiger partial charge in [-0.1, -0.05) is 12.1 Å². The molecule has 3 heterocycles. The molecule has 0 bridgehead atoms. The minimum Gasteiger partial charge on any atom is -0.317 e. The van der Waals surface area contributed by atoms with E-state index < -0.39 is 0 Å². The molecule has 2 aromatic rings. The monoisotopic (exact) mass is 301 g/mol. The van der Waals surface area contributed by atoms with Crippen molar-refractivity contribution in [2.75, 3.05) is 13.1 Å². The van der Waals surface area contributed by atoms with Crippen LogP contribution in [-0.4, -0.2) is 29.0 Å². The predicted molar refractivity (Wildman–Crippen MR) is 88.3 cm³/mol. The Bertz CT molecular complexity index is 504. The largest absolute Gasteiger partial charge is 0.317 e. The predicted octanol–water partition coefficient (Wildman–Crippen LogP) is 3.29. The number of hydrogen-bond acceptors (Lipinski definition) is 4. The van der Waals surface area contributed by atoms with E-state index in [1.807, 2.05) is 23.6 Å². The molecule has 0 saturated carbocycles. The van der Waals surface area contributed by atoms with Crippen molar-refractivity contribution >= 4 is 11.3 Å². The molecule has 3 nitrogen and oxygen atoms in total. The van der Waals surface area contributed by atoms with E-state index in [0.29, 0.717) is 6.04 Å². The highest BCUT2D eigenvalue weighted by Gasteiger charge is 2.21. The molecule has 1 N–H and O–H groups in total. The Hall–Kier alpha value is -1.23. The molecular weight excluding hydrogens is 278 g/mol. The average Bonchev–Trinajstić information content (AvgIpc) is 2.87. The minimum atomic E-state index is 0.657. The topological polar surface area (TPSA) is 28.2 Å². The minimum absolute atomic E-state index is 0.657. The average molecular weight is 301 g/mol. The van der Waals surface area contributed by atoms with Gasteiger partial charge in [0, 0.05) is 30.2 Å². The maximum absolute atomic E-state index is 4.51. The zero-order valence-corrected chi connectivity index (χ0v) is 13.2. The quantitative estimate of drug-likeness (QED) is 0.918. The highest BCUT2D eigenvalue weighted by atomic mass is 32.1. The van der Waals surface area contributed by atoms with Crippen molar-refractivity contribution < 1.29 is 0 Å². The first kappa shape index (κ1) is 14.7. The standard InChI is InChI=1S/C17H23N3S/c1-2-10-19-15(5-1)13-20(14-17-7-4-12-21-17)16-6-3-9-18-11-8-16/h1-2,4-5,7,10,12,16,18H,3,6,8-9,11,13-14H2. The molecule has 0 amide bonds. The molecule has 0 aromatic carbocycles. The summed E-state index contributed by atoms with van der Waals surface area (Å²) in [5.41, 5.74) is 1.17. The van der Waals surface area contributed by atoms with Crippen LogP contribution in [0.4, 0.5) is 0 Å². The molecule has 1 saturated heterocycles. The van der Waals surface area contributed by atoms with Gasteiger partial charge >= 0.3 is 0 Å². The number of thiophene rings is 1. The Balaban J connectivity index is 1.72. The van der Waals surface area contributed by atoms with Gasteiger partial charge in [-0.3, -0.25) is 9.88 Å². The van der Waals surface area contributed by atoms with Crippen molar-refractivity contribution in [3.63, 3.8) is 0 Å². The van der Waals surface area contributed by atoms with E-state index in [-0.39, 0.29) is 0 Å². The van der Waals surface area contributed by atoms with Crippen molar-refractivity contribution in [3.05, 3.63) is 52.5 Å². The molecule has 0 radical (unpaired) electrons. The first-order valence-corrected chi connectivity index (χ1v) is 8.67. The lowest BCUT2D eigenvalue weighted by Crippen LogP contribution is -2.35. The van der Waals surface area contributed by atoms with Crippen LogP contribution in [0, 0.1) is 0 Å². The molecule has 1 unspecified atom stereocenters. The fourth-order valence-corrected chi connectivity index (χ4v) is 3.71. The molecule has 2 aromatic heterocycles. The maximum Gasteiger partial charge on any atom is 0.0544 e. The van der Waals surface area contributed by atoms with E-state index in [4.69, 9.17) is 0 Å². The van der Waals surface area contributed by atoms with Crippen molar-refractivity contribution in [1.29, 1.82) is 0 Å². The van der Waals surface area contributed by atoms with Gasteiger partial charge in [0.1, 0.15) is 0 Å². The fraction of sp³-hybridized carbons (Fsp3) is 0.471. The van der Waals surface area contributed by atoms with Crippen LogP contribution in [0.25, 0.3) is 0 Å². The summed E-state index contributed by atoms with van der Waals surface area (Å²) < 4.78 is 0. The zero-order valence-electron chi connectivity index (χ0n) is 12.4. The summed E-state index contributed by atoms with van der Waals surface area (Å²) in [6.07, 6.45) is 5.69. The molecule has 1 atom stereocenters. The maximum atomic E-state index is 4.51. The lowest BCUT2D eigenvalue weighted by molar-refractivity contribution is 0.164. The van der Waals surface area contributed by atoms with Crippen LogP contribution in [0.3, 0.4) is 0 Å². The number of nitrogens with zero attached hydrogens (tertiary/aromatic N) is 2. The van der Waals surface area contributed by atoms with Gasteiger partial charge in [-0.2, -0.15) is 0 Å². The lowest BCUT2D eigenvalue weighted by atomic mass is 10.1. The summed E-state index contributed by atoms with van der Waals surface area (Å²) >= 11 is 1.85. The summed E-state index contributed by atoms with van der Waals surface area (Å²) in [7, 11) is 0. The van der Waals surface area contributed by atoms with Gasteiger partial charge in [0.15, 0.2) is 0 Å². The van der Waals surface area contributed by atoms with Gasteiger partial charge in [-0.25, -0.2) is 0 Å². The fourth-order valence-electron chi connectivity index (χ4n) is 2.98. The molecular formula is C17H23N3S. The number of nitrogens with one attached hydrogen (secondary N) is 1. The SMILES string of the molecule is c1ccc(CN(Cc2cccs2)C2CCCNCC2)nc1. The summed E-state index contributed by atoms with van der Waals surface area (Å²) in [6.45, 7) is 4.28. The Morgan fingerprint density at radius 2 is 2.14 bits per heavy atom. The van der Waals surface area contributed by atoms with E-state index in [1.54, 1.807) is 0 Å². The summed E-state index contributed by atoms with van der Waals surface area (Å²) in [6, 6.07) is 11.3. The van der Waals surface area contributed by atoms with Crippen molar-refractivity contribution in [2.24, 2.45) is 0 Å².